The first-order valence-corrected chi connectivity index (χ1v) is 9.32. The molecule has 0 saturated heterocycles. The lowest BCUT2D eigenvalue weighted by atomic mass is 10.2. The smallest absolute Gasteiger partial charge is 0.229 e. The van der Waals surface area contributed by atoms with Crippen molar-refractivity contribution in [2.45, 2.75) is 6.54 Å². The summed E-state index contributed by atoms with van der Waals surface area (Å²) in [7, 11) is 1.89. The van der Waals surface area contributed by atoms with Gasteiger partial charge in [-0.2, -0.15) is 5.10 Å². The van der Waals surface area contributed by atoms with Gasteiger partial charge >= 0.3 is 0 Å². The van der Waals surface area contributed by atoms with Gasteiger partial charge in [0.1, 0.15) is 12.1 Å². The molecule has 5 rings (SSSR count). The number of benzene rings is 1. The van der Waals surface area contributed by atoms with Crippen molar-refractivity contribution in [1.82, 2.24) is 24.4 Å². The van der Waals surface area contributed by atoms with Crippen molar-refractivity contribution in [1.29, 1.82) is 0 Å². The molecule has 0 saturated carbocycles. The molecule has 0 unspecified atom stereocenters. The van der Waals surface area contributed by atoms with Crippen LogP contribution in [-0.2, 0) is 23.1 Å². The van der Waals surface area contributed by atoms with Gasteiger partial charge in [-0.25, -0.2) is 9.50 Å². The second kappa shape index (κ2) is 7.31. The molecule has 0 radical (unpaired) electrons. The zero-order chi connectivity index (χ0) is 19.6. The van der Waals surface area contributed by atoms with Crippen LogP contribution in [0, 0.1) is 0 Å². The lowest BCUT2D eigenvalue weighted by Crippen LogP contribution is -2.27. The second-order valence-corrected chi connectivity index (χ2v) is 6.86. The molecule has 0 N–H and O–H groups in total. The highest BCUT2D eigenvalue weighted by molar-refractivity contribution is 5.62. The number of aryl methyl sites for hydroxylation is 1. The Balaban J connectivity index is 1.53. The van der Waals surface area contributed by atoms with Gasteiger partial charge in [0.25, 0.3) is 0 Å². The first-order chi connectivity index (χ1) is 14.3. The van der Waals surface area contributed by atoms with Gasteiger partial charge in [0, 0.05) is 25.4 Å². The third-order valence-corrected chi connectivity index (χ3v) is 4.76. The molecule has 0 fully saturated rings. The molecule has 0 spiro atoms. The van der Waals surface area contributed by atoms with E-state index in [1.807, 2.05) is 60.5 Å². The van der Waals surface area contributed by atoms with E-state index in [9.17, 15) is 0 Å². The van der Waals surface area contributed by atoms with E-state index in [2.05, 4.69) is 27.1 Å². The molecular weight excluding hydrogens is 368 g/mol. The molecular formula is C21H20N6O2. The van der Waals surface area contributed by atoms with Crippen LogP contribution in [0.2, 0.25) is 0 Å². The average molecular weight is 388 g/mol. The van der Waals surface area contributed by atoms with E-state index >= 15 is 0 Å². The van der Waals surface area contributed by atoms with Crippen molar-refractivity contribution in [2.75, 3.05) is 18.2 Å². The van der Waals surface area contributed by atoms with Crippen LogP contribution in [0.5, 0.6) is 0 Å². The van der Waals surface area contributed by atoms with Crippen LogP contribution in [0.15, 0.2) is 73.1 Å². The number of ether oxygens (including phenoxy) is 2. The summed E-state index contributed by atoms with van der Waals surface area (Å²) < 4.78 is 14.4. The van der Waals surface area contributed by atoms with Crippen LogP contribution in [-0.4, -0.2) is 37.7 Å². The summed E-state index contributed by atoms with van der Waals surface area (Å²) in [6.07, 6.45) is 7.25. The van der Waals surface area contributed by atoms with Crippen molar-refractivity contribution < 1.29 is 9.47 Å². The molecule has 0 atom stereocenters. The van der Waals surface area contributed by atoms with Crippen LogP contribution in [0.25, 0.3) is 16.9 Å². The van der Waals surface area contributed by atoms with Crippen molar-refractivity contribution in [3.63, 3.8) is 0 Å². The maximum Gasteiger partial charge on any atom is 0.229 e. The summed E-state index contributed by atoms with van der Waals surface area (Å²) >= 11 is 0. The molecule has 1 aliphatic rings. The van der Waals surface area contributed by atoms with E-state index in [0.29, 0.717) is 13.1 Å². The summed E-state index contributed by atoms with van der Waals surface area (Å²) in [6.45, 7) is 1.51. The maximum atomic E-state index is 5.55. The average Bonchev–Trinajstić information content (AvgIpc) is 3.48. The Bertz CT molecular complexity index is 1160. The summed E-state index contributed by atoms with van der Waals surface area (Å²) in [4.78, 5) is 6.64. The van der Waals surface area contributed by atoms with E-state index in [4.69, 9.17) is 14.6 Å². The molecule has 29 heavy (non-hydrogen) atoms. The zero-order valence-corrected chi connectivity index (χ0v) is 16.0. The minimum atomic E-state index is 0.258. The van der Waals surface area contributed by atoms with Gasteiger partial charge < -0.3 is 14.4 Å². The Hall–Kier alpha value is -3.81. The first-order valence-electron chi connectivity index (χ1n) is 9.32. The van der Waals surface area contributed by atoms with Gasteiger partial charge in [-0.3, -0.25) is 4.68 Å². The largest absolute Gasteiger partial charge is 0.462 e. The fourth-order valence-corrected chi connectivity index (χ4v) is 3.35. The standard InChI is InChI=1S/C21H20N6O2/c1-25-12-17(9-23-25)19-10-22-20-7-8-21(24-27(19)20)26(13-18-14-28-15-29-18)11-16-5-3-2-4-6-16/h2-10,12,14H,11,13,15H2,1H3. The summed E-state index contributed by atoms with van der Waals surface area (Å²) in [5.41, 5.74) is 3.84. The molecule has 1 aliphatic heterocycles. The van der Waals surface area contributed by atoms with Crippen molar-refractivity contribution >= 4 is 11.5 Å². The highest BCUT2D eigenvalue weighted by Crippen LogP contribution is 2.23. The normalized spacial score (nSPS) is 13.2. The minimum absolute atomic E-state index is 0.258. The van der Waals surface area contributed by atoms with Crippen LogP contribution in [0.1, 0.15) is 5.56 Å². The van der Waals surface area contributed by atoms with E-state index in [1.54, 1.807) is 10.9 Å². The minimum Gasteiger partial charge on any atom is -0.462 e. The first kappa shape index (κ1) is 17.3. The highest BCUT2D eigenvalue weighted by atomic mass is 16.7. The third-order valence-electron chi connectivity index (χ3n) is 4.76. The van der Waals surface area contributed by atoms with Crippen LogP contribution >= 0.6 is 0 Å². The maximum absolute atomic E-state index is 5.55. The van der Waals surface area contributed by atoms with Gasteiger partial charge in [-0.05, 0) is 17.7 Å². The Labute approximate surface area is 167 Å². The molecule has 0 bridgehead atoms. The monoisotopic (exact) mass is 388 g/mol. The van der Waals surface area contributed by atoms with E-state index < -0.39 is 0 Å². The molecule has 1 aromatic carbocycles. The SMILES string of the molecule is Cn1cc(-c2cnc3ccc(N(CC4=COCO4)Cc4ccccc4)nn23)cn1. The number of fused-ring (bicyclic) bond motifs is 1. The number of hydrogen-bond acceptors (Lipinski definition) is 6. The molecule has 8 heteroatoms. The molecule has 146 valence electrons. The Kier molecular flexibility index (Phi) is 4.36. The number of imidazole rings is 1. The summed E-state index contributed by atoms with van der Waals surface area (Å²) in [5.74, 6) is 1.60. The van der Waals surface area contributed by atoms with E-state index in [-0.39, 0.29) is 6.79 Å². The lowest BCUT2D eigenvalue weighted by Gasteiger charge is -2.23. The zero-order valence-electron chi connectivity index (χ0n) is 16.0. The summed E-state index contributed by atoms with van der Waals surface area (Å²) in [5, 5.41) is 9.14. The number of rotatable bonds is 6. The number of anilines is 1. The van der Waals surface area contributed by atoms with Gasteiger partial charge in [0.2, 0.25) is 6.79 Å². The van der Waals surface area contributed by atoms with Crippen molar-refractivity contribution in [3.8, 4) is 11.3 Å². The van der Waals surface area contributed by atoms with E-state index in [1.165, 1.54) is 5.56 Å². The molecule has 0 amide bonds. The number of aromatic nitrogens is 5. The second-order valence-electron chi connectivity index (χ2n) is 6.86. The number of nitrogens with zero attached hydrogens (tertiary/aromatic N) is 6. The molecule has 0 aliphatic carbocycles. The lowest BCUT2D eigenvalue weighted by molar-refractivity contribution is 0.0797. The molecule has 3 aromatic heterocycles. The molecule has 4 heterocycles. The Morgan fingerprint density at radius 1 is 1.07 bits per heavy atom. The quantitative estimate of drug-likeness (QED) is 0.506. The van der Waals surface area contributed by atoms with Crippen molar-refractivity contribution in [2.24, 2.45) is 7.05 Å². The molecule has 4 aromatic rings. The fraction of sp³-hybridized carbons (Fsp3) is 0.190. The Morgan fingerprint density at radius 3 is 2.72 bits per heavy atom. The van der Waals surface area contributed by atoms with Gasteiger partial charge in [-0.15, -0.1) is 5.10 Å². The topological polar surface area (TPSA) is 69.7 Å². The summed E-state index contributed by atoms with van der Waals surface area (Å²) in [6, 6.07) is 14.2. The van der Waals surface area contributed by atoms with Crippen LogP contribution in [0.3, 0.4) is 0 Å². The van der Waals surface area contributed by atoms with Crippen molar-refractivity contribution in [3.05, 3.63) is 78.6 Å². The van der Waals surface area contributed by atoms with Crippen LogP contribution < -0.4 is 4.90 Å². The highest BCUT2D eigenvalue weighted by Gasteiger charge is 2.17. The van der Waals surface area contributed by atoms with E-state index in [0.717, 1.165) is 28.5 Å². The fourth-order valence-electron chi connectivity index (χ4n) is 3.35. The molecule has 8 nitrogen and oxygen atoms in total. The van der Waals surface area contributed by atoms with Gasteiger partial charge in [-0.1, -0.05) is 30.3 Å². The Morgan fingerprint density at radius 2 is 1.97 bits per heavy atom. The third kappa shape index (κ3) is 3.52. The van der Waals surface area contributed by atoms with Gasteiger partial charge in [0.05, 0.1) is 24.6 Å². The predicted molar refractivity (Wildman–Crippen MR) is 108 cm³/mol. The van der Waals surface area contributed by atoms with Crippen LogP contribution in [0.4, 0.5) is 5.82 Å². The van der Waals surface area contributed by atoms with Gasteiger partial charge in [0.15, 0.2) is 11.4 Å². The number of hydrogen-bond donors (Lipinski definition) is 0. The predicted octanol–water partition coefficient (Wildman–Crippen LogP) is 2.98.